The minimum atomic E-state index is -0.835. The standard InChI is InChI=1S/C17H21N3O3/c1-10-5-13(16(21)22)9-20(8-10)17(23)19-14-7-15-12(3-4-18-15)6-11(14)2/h3-4,6-7,10,13,18H,5,8-9H2,1-2H3,(H,19,23)(H,21,22). The minimum Gasteiger partial charge on any atom is -0.481 e. The second-order valence-corrected chi connectivity index (χ2v) is 6.44. The molecule has 1 saturated heterocycles. The first-order chi connectivity index (χ1) is 10.9. The number of hydrogen-bond donors (Lipinski definition) is 3. The van der Waals surface area contributed by atoms with Crippen molar-refractivity contribution in [2.24, 2.45) is 11.8 Å². The number of carboxylic acid groups (broad SMARTS) is 1. The Morgan fingerprint density at radius 1 is 1.35 bits per heavy atom. The number of rotatable bonds is 2. The quantitative estimate of drug-likeness (QED) is 0.796. The van der Waals surface area contributed by atoms with Crippen LogP contribution in [0.4, 0.5) is 10.5 Å². The lowest BCUT2D eigenvalue weighted by atomic mass is 9.91. The maximum atomic E-state index is 12.5. The van der Waals surface area contributed by atoms with E-state index in [1.54, 1.807) is 4.90 Å². The number of carbonyl (C=O) groups is 2. The molecule has 3 N–H and O–H groups in total. The zero-order valence-electron chi connectivity index (χ0n) is 13.3. The summed E-state index contributed by atoms with van der Waals surface area (Å²) in [4.78, 5) is 28.5. The summed E-state index contributed by atoms with van der Waals surface area (Å²) < 4.78 is 0. The molecule has 23 heavy (non-hydrogen) atoms. The molecule has 0 aliphatic carbocycles. The van der Waals surface area contributed by atoms with Crippen LogP contribution in [0.25, 0.3) is 10.9 Å². The Balaban J connectivity index is 1.77. The highest BCUT2D eigenvalue weighted by Crippen LogP contribution is 2.25. The number of nitrogens with zero attached hydrogens (tertiary/aromatic N) is 1. The van der Waals surface area contributed by atoms with Crippen LogP contribution in [0, 0.1) is 18.8 Å². The predicted molar refractivity (Wildman–Crippen MR) is 88.5 cm³/mol. The van der Waals surface area contributed by atoms with Crippen LogP contribution >= 0.6 is 0 Å². The molecule has 6 heteroatoms. The molecule has 1 aliphatic rings. The largest absolute Gasteiger partial charge is 0.481 e. The predicted octanol–water partition coefficient (Wildman–Crippen LogP) is 3.05. The molecule has 2 amide bonds. The van der Waals surface area contributed by atoms with Gasteiger partial charge in [-0.1, -0.05) is 6.92 Å². The van der Waals surface area contributed by atoms with Gasteiger partial charge in [0.2, 0.25) is 0 Å². The second kappa shape index (κ2) is 5.95. The summed E-state index contributed by atoms with van der Waals surface area (Å²) in [7, 11) is 0. The molecule has 1 aromatic heterocycles. The number of carboxylic acids is 1. The van der Waals surface area contributed by atoms with Crippen molar-refractivity contribution in [3.63, 3.8) is 0 Å². The number of aromatic amines is 1. The van der Waals surface area contributed by atoms with E-state index >= 15 is 0 Å². The highest BCUT2D eigenvalue weighted by atomic mass is 16.4. The number of H-pyrrole nitrogens is 1. The molecule has 2 aromatic rings. The first-order valence-electron chi connectivity index (χ1n) is 7.80. The van der Waals surface area contributed by atoms with Gasteiger partial charge in [-0.2, -0.15) is 0 Å². The Kier molecular flexibility index (Phi) is 3.98. The molecule has 2 unspecified atom stereocenters. The molecule has 0 radical (unpaired) electrons. The van der Waals surface area contributed by atoms with Crippen molar-refractivity contribution in [2.45, 2.75) is 20.3 Å². The van der Waals surface area contributed by atoms with Crippen LogP contribution in [0.3, 0.4) is 0 Å². The van der Waals surface area contributed by atoms with Crippen molar-refractivity contribution >= 4 is 28.6 Å². The molecule has 0 bridgehead atoms. The lowest BCUT2D eigenvalue weighted by molar-refractivity contribution is -0.143. The molecule has 1 aromatic carbocycles. The fourth-order valence-corrected chi connectivity index (χ4v) is 3.24. The number of aryl methyl sites for hydroxylation is 1. The van der Waals surface area contributed by atoms with E-state index in [0.29, 0.717) is 13.0 Å². The number of urea groups is 1. The third-order valence-electron chi connectivity index (χ3n) is 4.44. The summed E-state index contributed by atoms with van der Waals surface area (Å²) in [5, 5.41) is 13.2. The number of fused-ring (bicyclic) bond motifs is 1. The molecule has 1 aliphatic heterocycles. The Labute approximate surface area is 134 Å². The van der Waals surface area contributed by atoms with Crippen molar-refractivity contribution in [1.82, 2.24) is 9.88 Å². The fourth-order valence-electron chi connectivity index (χ4n) is 3.24. The number of hydrogen-bond acceptors (Lipinski definition) is 2. The van der Waals surface area contributed by atoms with Crippen molar-refractivity contribution < 1.29 is 14.7 Å². The molecule has 0 saturated carbocycles. The first-order valence-corrected chi connectivity index (χ1v) is 7.80. The highest BCUT2D eigenvalue weighted by Gasteiger charge is 2.32. The van der Waals surface area contributed by atoms with Gasteiger partial charge in [-0.15, -0.1) is 0 Å². The number of amides is 2. The zero-order valence-corrected chi connectivity index (χ0v) is 13.3. The van der Waals surface area contributed by atoms with Crippen LogP contribution in [0.5, 0.6) is 0 Å². The Hall–Kier alpha value is -2.50. The molecule has 2 atom stereocenters. The summed E-state index contributed by atoms with van der Waals surface area (Å²) in [5.41, 5.74) is 2.68. The Morgan fingerprint density at radius 2 is 2.13 bits per heavy atom. The number of anilines is 1. The lowest BCUT2D eigenvalue weighted by Crippen LogP contribution is -2.47. The van der Waals surface area contributed by atoms with Gasteiger partial charge in [0, 0.05) is 30.5 Å². The average Bonchev–Trinajstić information content (AvgIpc) is 2.93. The molecule has 6 nitrogen and oxygen atoms in total. The van der Waals surface area contributed by atoms with Crippen molar-refractivity contribution in [1.29, 1.82) is 0 Å². The lowest BCUT2D eigenvalue weighted by Gasteiger charge is -2.34. The van der Waals surface area contributed by atoms with Crippen LogP contribution in [-0.2, 0) is 4.79 Å². The average molecular weight is 315 g/mol. The third kappa shape index (κ3) is 3.16. The third-order valence-corrected chi connectivity index (χ3v) is 4.44. The maximum Gasteiger partial charge on any atom is 0.321 e. The van der Waals surface area contributed by atoms with Crippen LogP contribution in [-0.4, -0.2) is 40.1 Å². The molecular formula is C17H21N3O3. The molecular weight excluding hydrogens is 294 g/mol. The normalized spacial score (nSPS) is 21.4. The first kappa shape index (κ1) is 15.4. The van der Waals surface area contributed by atoms with Crippen molar-refractivity contribution in [3.8, 4) is 0 Å². The summed E-state index contributed by atoms with van der Waals surface area (Å²) in [6, 6.07) is 5.67. The van der Waals surface area contributed by atoms with E-state index in [4.69, 9.17) is 0 Å². The van der Waals surface area contributed by atoms with E-state index in [9.17, 15) is 14.7 Å². The molecule has 1 fully saturated rings. The van der Waals surface area contributed by atoms with Crippen LogP contribution in [0.2, 0.25) is 0 Å². The van der Waals surface area contributed by atoms with Crippen LogP contribution in [0.15, 0.2) is 24.4 Å². The van der Waals surface area contributed by atoms with Crippen molar-refractivity contribution in [2.75, 3.05) is 18.4 Å². The van der Waals surface area contributed by atoms with Gasteiger partial charge in [0.25, 0.3) is 0 Å². The maximum absolute atomic E-state index is 12.5. The monoisotopic (exact) mass is 315 g/mol. The topological polar surface area (TPSA) is 85.4 Å². The van der Waals surface area contributed by atoms with Crippen LogP contribution < -0.4 is 5.32 Å². The Morgan fingerprint density at radius 3 is 2.87 bits per heavy atom. The van der Waals surface area contributed by atoms with Gasteiger partial charge in [-0.05, 0) is 48.4 Å². The molecule has 0 spiro atoms. The Bertz CT molecular complexity index is 753. The van der Waals surface area contributed by atoms with Gasteiger partial charge < -0.3 is 20.3 Å². The van der Waals surface area contributed by atoms with E-state index in [1.165, 1.54) is 0 Å². The van der Waals surface area contributed by atoms with E-state index in [0.717, 1.165) is 22.2 Å². The summed E-state index contributed by atoms with van der Waals surface area (Å²) >= 11 is 0. The van der Waals surface area contributed by atoms with Crippen molar-refractivity contribution in [3.05, 3.63) is 30.0 Å². The van der Waals surface area contributed by atoms with E-state index in [-0.39, 0.29) is 18.5 Å². The number of carbonyl (C=O) groups excluding carboxylic acids is 1. The highest BCUT2D eigenvalue weighted by molar-refractivity contribution is 5.94. The number of aromatic nitrogens is 1. The number of nitrogens with one attached hydrogen (secondary N) is 2. The molecule has 3 rings (SSSR count). The minimum absolute atomic E-state index is 0.183. The molecule has 122 valence electrons. The van der Waals surface area contributed by atoms with Gasteiger partial charge >= 0.3 is 12.0 Å². The smallest absolute Gasteiger partial charge is 0.321 e. The summed E-state index contributed by atoms with van der Waals surface area (Å²) in [6.07, 6.45) is 2.48. The van der Waals surface area contributed by atoms with E-state index in [1.807, 2.05) is 38.2 Å². The van der Waals surface area contributed by atoms with E-state index < -0.39 is 11.9 Å². The second-order valence-electron chi connectivity index (χ2n) is 6.44. The van der Waals surface area contributed by atoms with E-state index in [2.05, 4.69) is 10.3 Å². The fraction of sp³-hybridized carbons (Fsp3) is 0.412. The van der Waals surface area contributed by atoms with Gasteiger partial charge in [0.05, 0.1) is 5.92 Å². The summed E-state index contributed by atoms with van der Waals surface area (Å²) in [5.74, 6) is -1.14. The zero-order chi connectivity index (χ0) is 16.6. The molecule has 2 heterocycles. The number of aliphatic carboxylic acids is 1. The van der Waals surface area contributed by atoms with Gasteiger partial charge in [0.1, 0.15) is 0 Å². The van der Waals surface area contributed by atoms with Crippen LogP contribution in [0.1, 0.15) is 18.9 Å². The SMILES string of the molecule is Cc1cc2cc[nH]c2cc1NC(=O)N1CC(C)CC(C(=O)O)C1. The van der Waals surface area contributed by atoms with Gasteiger partial charge in [-0.3, -0.25) is 4.79 Å². The number of likely N-dealkylation sites (tertiary alicyclic amines) is 1. The number of benzene rings is 1. The summed E-state index contributed by atoms with van der Waals surface area (Å²) in [6.45, 7) is 4.77. The van der Waals surface area contributed by atoms with Gasteiger partial charge in [0.15, 0.2) is 0 Å². The number of piperidine rings is 1. The van der Waals surface area contributed by atoms with Gasteiger partial charge in [-0.25, -0.2) is 4.79 Å².